The molecular weight excluding hydrogens is 378 g/mol. The van der Waals surface area contributed by atoms with Crippen molar-refractivity contribution >= 4 is 23.5 Å². The van der Waals surface area contributed by atoms with Crippen molar-refractivity contribution in [1.82, 2.24) is 15.5 Å². The fourth-order valence-electron chi connectivity index (χ4n) is 4.93. The molecule has 2 fully saturated rings. The van der Waals surface area contributed by atoms with E-state index in [4.69, 9.17) is 0 Å². The first-order chi connectivity index (χ1) is 14.7. The van der Waals surface area contributed by atoms with Crippen LogP contribution in [0.1, 0.15) is 44.1 Å². The zero-order valence-corrected chi connectivity index (χ0v) is 17.9. The lowest BCUT2D eigenvalue weighted by Crippen LogP contribution is -2.48. The molecule has 1 saturated carbocycles. The standard InChI is InChI=1S/C23H33N5O2/c1-24-23(25-15-21(29)28-14-11-17-7-5-6-10-20(17)28)26-19-12-13-27(16-19)22(30)18-8-3-2-4-9-18/h5-7,10,18-19H,2-4,8-9,11-16H2,1H3,(H2,24,25,26). The number of hydrogen-bond acceptors (Lipinski definition) is 3. The molecule has 7 heteroatoms. The third kappa shape index (κ3) is 4.60. The van der Waals surface area contributed by atoms with Crippen LogP contribution in [0.15, 0.2) is 29.3 Å². The summed E-state index contributed by atoms with van der Waals surface area (Å²) in [5.41, 5.74) is 2.24. The Balaban J connectivity index is 1.24. The number of benzene rings is 1. The van der Waals surface area contributed by atoms with Crippen LogP contribution in [0.4, 0.5) is 5.69 Å². The van der Waals surface area contributed by atoms with Gasteiger partial charge in [-0.15, -0.1) is 0 Å². The number of fused-ring (bicyclic) bond motifs is 1. The molecule has 0 bridgehead atoms. The highest BCUT2D eigenvalue weighted by molar-refractivity contribution is 5.98. The Morgan fingerprint density at radius 2 is 1.90 bits per heavy atom. The van der Waals surface area contributed by atoms with Crippen molar-refractivity contribution in [1.29, 1.82) is 0 Å². The molecule has 7 nitrogen and oxygen atoms in total. The molecule has 1 unspecified atom stereocenters. The number of rotatable bonds is 4. The van der Waals surface area contributed by atoms with Crippen LogP contribution >= 0.6 is 0 Å². The minimum absolute atomic E-state index is 0.0448. The first kappa shape index (κ1) is 20.7. The first-order valence-electron chi connectivity index (χ1n) is 11.3. The molecule has 162 valence electrons. The molecule has 1 atom stereocenters. The normalized spacial score (nSPS) is 22.2. The fourth-order valence-corrected chi connectivity index (χ4v) is 4.93. The number of carbonyl (C=O) groups is 2. The third-order valence-electron chi connectivity index (χ3n) is 6.61. The van der Waals surface area contributed by atoms with Gasteiger partial charge in [-0.1, -0.05) is 37.5 Å². The predicted molar refractivity (Wildman–Crippen MR) is 119 cm³/mol. The maximum absolute atomic E-state index is 12.8. The summed E-state index contributed by atoms with van der Waals surface area (Å²) in [6, 6.07) is 8.24. The summed E-state index contributed by atoms with van der Waals surface area (Å²) >= 11 is 0. The van der Waals surface area contributed by atoms with Gasteiger partial charge in [0.25, 0.3) is 0 Å². The number of para-hydroxylation sites is 1. The van der Waals surface area contributed by atoms with E-state index in [0.29, 0.717) is 18.4 Å². The molecule has 1 aliphatic carbocycles. The summed E-state index contributed by atoms with van der Waals surface area (Å²) < 4.78 is 0. The minimum Gasteiger partial charge on any atom is -0.352 e. The number of carbonyl (C=O) groups excluding carboxylic acids is 2. The van der Waals surface area contributed by atoms with Crippen molar-refractivity contribution in [2.75, 3.05) is 38.1 Å². The number of aliphatic imine (C=N–C) groups is 1. The van der Waals surface area contributed by atoms with Crippen LogP contribution in [0.5, 0.6) is 0 Å². The van der Waals surface area contributed by atoms with Crippen LogP contribution in [0, 0.1) is 5.92 Å². The zero-order valence-electron chi connectivity index (χ0n) is 17.9. The van der Waals surface area contributed by atoms with Crippen molar-refractivity contribution in [2.24, 2.45) is 10.9 Å². The lowest BCUT2D eigenvalue weighted by Gasteiger charge is -2.26. The third-order valence-corrected chi connectivity index (χ3v) is 6.61. The molecule has 30 heavy (non-hydrogen) atoms. The summed E-state index contributed by atoms with van der Waals surface area (Å²) in [7, 11) is 1.71. The first-order valence-corrected chi connectivity index (χ1v) is 11.3. The topological polar surface area (TPSA) is 77.0 Å². The highest BCUT2D eigenvalue weighted by Gasteiger charge is 2.32. The van der Waals surface area contributed by atoms with E-state index in [1.807, 2.05) is 28.0 Å². The van der Waals surface area contributed by atoms with Crippen LogP contribution in [-0.2, 0) is 16.0 Å². The Kier molecular flexibility index (Phi) is 6.55. The van der Waals surface area contributed by atoms with E-state index >= 15 is 0 Å². The summed E-state index contributed by atoms with van der Waals surface area (Å²) in [5, 5.41) is 6.55. The van der Waals surface area contributed by atoms with Crippen LogP contribution in [0.3, 0.4) is 0 Å². The molecule has 4 rings (SSSR count). The van der Waals surface area contributed by atoms with Gasteiger partial charge in [-0.3, -0.25) is 14.6 Å². The Bertz CT molecular complexity index is 803. The van der Waals surface area contributed by atoms with E-state index in [9.17, 15) is 9.59 Å². The van der Waals surface area contributed by atoms with Crippen LogP contribution in [0.25, 0.3) is 0 Å². The second-order valence-electron chi connectivity index (χ2n) is 8.60. The van der Waals surface area contributed by atoms with Crippen LogP contribution in [0.2, 0.25) is 0 Å². The van der Waals surface area contributed by atoms with Gasteiger partial charge in [-0.2, -0.15) is 0 Å². The van der Waals surface area contributed by atoms with Gasteiger partial charge in [0.15, 0.2) is 5.96 Å². The van der Waals surface area contributed by atoms with E-state index < -0.39 is 0 Å². The second-order valence-corrected chi connectivity index (χ2v) is 8.60. The molecule has 1 saturated heterocycles. The van der Waals surface area contributed by atoms with Crippen LogP contribution in [-0.4, -0.2) is 61.9 Å². The van der Waals surface area contributed by atoms with Gasteiger partial charge in [0.1, 0.15) is 0 Å². The van der Waals surface area contributed by atoms with Gasteiger partial charge >= 0.3 is 0 Å². The van der Waals surface area contributed by atoms with E-state index in [1.165, 1.54) is 24.8 Å². The van der Waals surface area contributed by atoms with E-state index in [2.05, 4.69) is 21.7 Å². The summed E-state index contributed by atoms with van der Waals surface area (Å²) in [6.45, 7) is 2.44. The lowest BCUT2D eigenvalue weighted by molar-refractivity contribution is -0.135. The number of hydrogen-bond donors (Lipinski definition) is 2. The number of amides is 2. The second kappa shape index (κ2) is 9.49. The summed E-state index contributed by atoms with van der Waals surface area (Å²) in [6.07, 6.45) is 7.51. The minimum atomic E-state index is 0.0448. The number of anilines is 1. The zero-order chi connectivity index (χ0) is 20.9. The van der Waals surface area contributed by atoms with Gasteiger partial charge in [0, 0.05) is 44.3 Å². The monoisotopic (exact) mass is 411 g/mol. The number of nitrogens with zero attached hydrogens (tertiary/aromatic N) is 3. The molecule has 0 aromatic heterocycles. The maximum Gasteiger partial charge on any atom is 0.246 e. The van der Waals surface area contributed by atoms with Gasteiger partial charge in [0.05, 0.1) is 6.54 Å². The molecule has 2 heterocycles. The molecular formula is C23H33N5O2. The maximum atomic E-state index is 12.8. The van der Waals surface area contributed by atoms with Crippen molar-refractivity contribution in [3.63, 3.8) is 0 Å². The van der Waals surface area contributed by atoms with Crippen LogP contribution < -0.4 is 15.5 Å². The molecule has 0 spiro atoms. The number of likely N-dealkylation sites (tertiary alicyclic amines) is 1. The average Bonchev–Trinajstić information content (AvgIpc) is 3.43. The molecule has 3 aliphatic rings. The molecule has 0 radical (unpaired) electrons. The Labute approximate surface area is 178 Å². The summed E-state index contributed by atoms with van der Waals surface area (Å²) in [4.78, 5) is 33.6. The van der Waals surface area contributed by atoms with Gasteiger partial charge in [0.2, 0.25) is 11.8 Å². The largest absolute Gasteiger partial charge is 0.352 e. The molecule has 2 amide bonds. The molecule has 2 N–H and O–H groups in total. The molecule has 1 aromatic carbocycles. The van der Waals surface area contributed by atoms with Crippen molar-refractivity contribution < 1.29 is 9.59 Å². The van der Waals surface area contributed by atoms with Crippen molar-refractivity contribution in [2.45, 2.75) is 51.0 Å². The molecule has 2 aliphatic heterocycles. The van der Waals surface area contributed by atoms with Gasteiger partial charge in [-0.25, -0.2) is 0 Å². The highest BCUT2D eigenvalue weighted by atomic mass is 16.2. The summed E-state index contributed by atoms with van der Waals surface area (Å²) in [5.74, 6) is 1.21. The SMILES string of the molecule is CN=C(NCC(=O)N1CCc2ccccc21)NC1CCN(C(=O)C2CCCCC2)C1. The lowest BCUT2D eigenvalue weighted by atomic mass is 9.88. The Morgan fingerprint density at radius 1 is 1.10 bits per heavy atom. The van der Waals surface area contributed by atoms with Gasteiger partial charge < -0.3 is 20.4 Å². The predicted octanol–water partition coefficient (Wildman–Crippen LogP) is 1.92. The van der Waals surface area contributed by atoms with E-state index in [0.717, 1.165) is 44.5 Å². The van der Waals surface area contributed by atoms with E-state index in [-0.39, 0.29) is 24.4 Å². The van der Waals surface area contributed by atoms with E-state index in [1.54, 1.807) is 7.05 Å². The van der Waals surface area contributed by atoms with Crippen molar-refractivity contribution in [3.8, 4) is 0 Å². The molecule has 1 aromatic rings. The quantitative estimate of drug-likeness (QED) is 0.586. The van der Waals surface area contributed by atoms with Crippen molar-refractivity contribution in [3.05, 3.63) is 29.8 Å². The number of guanidine groups is 1. The fraction of sp³-hybridized carbons (Fsp3) is 0.609. The Hall–Kier alpha value is -2.57. The highest BCUT2D eigenvalue weighted by Crippen LogP contribution is 2.28. The average molecular weight is 412 g/mol. The smallest absolute Gasteiger partial charge is 0.246 e. The number of nitrogens with one attached hydrogen (secondary N) is 2. The van der Waals surface area contributed by atoms with Gasteiger partial charge in [-0.05, 0) is 37.3 Å². The Morgan fingerprint density at radius 3 is 2.70 bits per heavy atom.